The Balaban J connectivity index is 1.43. The summed E-state index contributed by atoms with van der Waals surface area (Å²) in [5.41, 5.74) is 0.197. The van der Waals surface area contributed by atoms with E-state index in [2.05, 4.69) is 44.1 Å². The second-order valence-corrected chi connectivity index (χ2v) is 13.9. The lowest BCUT2D eigenvalue weighted by atomic mass is 9.45. The SMILES string of the molecule is C=C1C(NC(C)C(=O)CC2=NCC=N2)CC2[C@](C)(CC[C@@H](O)[C@@]2(C)CO)C1CC(NC(C)C(=O)CC1=NCC=N1)C1=CCOC1=O. The Bertz CT molecular complexity index is 1400. The summed E-state index contributed by atoms with van der Waals surface area (Å²) in [6.07, 6.45) is 6.89. The zero-order valence-corrected chi connectivity index (χ0v) is 27.4. The third-order valence-electron chi connectivity index (χ3n) is 11.1. The van der Waals surface area contributed by atoms with Gasteiger partial charge in [-0.05, 0) is 62.9 Å². The largest absolute Gasteiger partial charge is 0.458 e. The third-order valence-corrected chi connectivity index (χ3v) is 11.1. The number of nitrogens with zero attached hydrogens (tertiary/aromatic N) is 4. The minimum absolute atomic E-state index is 0.0361. The number of esters is 1. The Labute approximate surface area is 270 Å². The number of hydrogen-bond donors (Lipinski definition) is 4. The Hall–Kier alpha value is -3.19. The fourth-order valence-corrected chi connectivity index (χ4v) is 8.21. The molecule has 0 saturated heterocycles. The second kappa shape index (κ2) is 13.9. The fraction of sp³-hybridized carbons (Fsp3) is 0.676. The van der Waals surface area contributed by atoms with Crippen molar-refractivity contribution in [2.75, 3.05) is 26.3 Å². The van der Waals surface area contributed by atoms with Gasteiger partial charge in [-0.1, -0.05) is 26.0 Å². The predicted octanol–water partition coefficient (Wildman–Crippen LogP) is 1.79. The Morgan fingerprint density at radius 3 is 2.26 bits per heavy atom. The van der Waals surface area contributed by atoms with Crippen molar-refractivity contribution in [3.63, 3.8) is 0 Å². The minimum Gasteiger partial charge on any atom is -0.458 e. The first-order valence-electron chi connectivity index (χ1n) is 16.4. The molecule has 250 valence electrons. The van der Waals surface area contributed by atoms with Crippen LogP contribution in [0.1, 0.15) is 66.2 Å². The van der Waals surface area contributed by atoms with Gasteiger partial charge >= 0.3 is 5.97 Å². The number of ether oxygens (including phenoxy) is 1. The maximum Gasteiger partial charge on any atom is 0.335 e. The molecule has 2 fully saturated rings. The first kappa shape index (κ1) is 34.2. The lowest BCUT2D eigenvalue weighted by Gasteiger charge is -2.62. The summed E-state index contributed by atoms with van der Waals surface area (Å²) >= 11 is 0. The molecule has 5 rings (SSSR count). The van der Waals surface area contributed by atoms with Gasteiger partial charge in [0.25, 0.3) is 0 Å². The van der Waals surface area contributed by atoms with Gasteiger partial charge in [0.15, 0.2) is 11.6 Å². The van der Waals surface area contributed by atoms with E-state index in [1.165, 1.54) is 0 Å². The van der Waals surface area contributed by atoms with E-state index < -0.39 is 41.0 Å². The van der Waals surface area contributed by atoms with E-state index in [0.717, 1.165) is 5.57 Å². The van der Waals surface area contributed by atoms with Gasteiger partial charge in [-0.3, -0.25) is 19.6 Å². The molecule has 2 saturated carbocycles. The number of Topliss-reactive ketones (excluding diaryl/α,β-unsaturated/α-hetero) is 2. The molecule has 0 amide bonds. The Morgan fingerprint density at radius 2 is 1.72 bits per heavy atom. The fourth-order valence-electron chi connectivity index (χ4n) is 8.21. The van der Waals surface area contributed by atoms with Gasteiger partial charge < -0.3 is 25.6 Å². The first-order valence-corrected chi connectivity index (χ1v) is 16.4. The summed E-state index contributed by atoms with van der Waals surface area (Å²) < 4.78 is 5.31. The molecule has 6 unspecified atom stereocenters. The van der Waals surface area contributed by atoms with Gasteiger partial charge in [0, 0.05) is 29.9 Å². The van der Waals surface area contributed by atoms with E-state index in [9.17, 15) is 24.6 Å². The van der Waals surface area contributed by atoms with E-state index in [1.54, 1.807) is 25.4 Å². The lowest BCUT2D eigenvalue weighted by molar-refractivity contribution is -0.156. The van der Waals surface area contributed by atoms with Crippen LogP contribution in [0, 0.1) is 22.7 Å². The molecular formula is C34H48N6O6. The monoisotopic (exact) mass is 636 g/mol. The van der Waals surface area contributed by atoms with Crippen LogP contribution in [0.5, 0.6) is 0 Å². The number of carbonyl (C=O) groups excluding carboxylic acids is 3. The number of carbonyl (C=O) groups is 3. The molecule has 0 radical (unpaired) electrons. The van der Waals surface area contributed by atoms with E-state index in [1.807, 2.05) is 13.8 Å². The number of cyclic esters (lactones) is 1. The zero-order chi connectivity index (χ0) is 33.2. The van der Waals surface area contributed by atoms with Crippen molar-refractivity contribution in [1.29, 1.82) is 0 Å². The number of aliphatic hydroxyl groups is 2. The van der Waals surface area contributed by atoms with Crippen LogP contribution < -0.4 is 10.6 Å². The first-order chi connectivity index (χ1) is 21.9. The molecule has 0 bridgehead atoms. The zero-order valence-electron chi connectivity index (χ0n) is 27.4. The molecule has 12 heteroatoms. The smallest absolute Gasteiger partial charge is 0.335 e. The van der Waals surface area contributed by atoms with E-state index in [-0.39, 0.29) is 55.5 Å². The molecule has 4 N–H and O–H groups in total. The maximum atomic E-state index is 13.2. The highest BCUT2D eigenvalue weighted by atomic mass is 16.5. The summed E-state index contributed by atoms with van der Waals surface area (Å²) in [6, 6.07) is -1.93. The summed E-state index contributed by atoms with van der Waals surface area (Å²) in [7, 11) is 0. The highest BCUT2D eigenvalue weighted by Crippen LogP contribution is 2.62. The second-order valence-electron chi connectivity index (χ2n) is 13.9. The molecule has 5 aliphatic rings. The van der Waals surface area contributed by atoms with Gasteiger partial charge in [-0.2, -0.15) is 0 Å². The van der Waals surface area contributed by atoms with Crippen molar-refractivity contribution in [2.24, 2.45) is 42.6 Å². The number of rotatable bonds is 14. The summed E-state index contributed by atoms with van der Waals surface area (Å²) in [6.45, 7) is 13.3. The molecule has 0 aromatic rings. The normalized spacial score (nSPS) is 34.0. The van der Waals surface area contributed by atoms with E-state index in [4.69, 9.17) is 4.74 Å². The highest BCUT2D eigenvalue weighted by molar-refractivity contribution is 6.08. The van der Waals surface area contributed by atoms with Crippen molar-refractivity contribution < 1.29 is 29.3 Å². The average Bonchev–Trinajstić information content (AvgIpc) is 3.82. The van der Waals surface area contributed by atoms with Crippen LogP contribution >= 0.6 is 0 Å². The Morgan fingerprint density at radius 1 is 1.09 bits per heavy atom. The van der Waals surface area contributed by atoms with E-state index >= 15 is 0 Å². The Kier molecular flexibility index (Phi) is 10.3. The quantitative estimate of drug-likeness (QED) is 0.165. The van der Waals surface area contributed by atoms with Crippen LogP contribution in [-0.2, 0) is 19.1 Å². The minimum atomic E-state index is -0.785. The van der Waals surface area contributed by atoms with Crippen LogP contribution in [0.4, 0.5) is 0 Å². The molecule has 9 atom stereocenters. The van der Waals surface area contributed by atoms with Crippen molar-refractivity contribution in [3.05, 3.63) is 23.8 Å². The summed E-state index contributed by atoms with van der Waals surface area (Å²) in [4.78, 5) is 56.2. The van der Waals surface area contributed by atoms with Crippen LogP contribution in [0.15, 0.2) is 43.8 Å². The average molecular weight is 637 g/mol. The van der Waals surface area contributed by atoms with Crippen molar-refractivity contribution >= 4 is 41.6 Å². The van der Waals surface area contributed by atoms with Gasteiger partial charge in [-0.15, -0.1) is 0 Å². The molecule has 0 spiro atoms. The molecule has 0 aromatic carbocycles. The molecule has 46 heavy (non-hydrogen) atoms. The highest BCUT2D eigenvalue weighted by Gasteiger charge is 2.60. The van der Waals surface area contributed by atoms with Gasteiger partial charge in [0.05, 0.1) is 56.3 Å². The molecule has 3 aliphatic heterocycles. The van der Waals surface area contributed by atoms with Crippen LogP contribution in [0.25, 0.3) is 0 Å². The number of aliphatic hydroxyl groups excluding tert-OH is 2. The number of fused-ring (bicyclic) bond motifs is 1. The van der Waals surface area contributed by atoms with Crippen LogP contribution in [0.3, 0.4) is 0 Å². The lowest BCUT2D eigenvalue weighted by Crippen LogP contribution is -2.62. The molecular weight excluding hydrogens is 588 g/mol. The van der Waals surface area contributed by atoms with Gasteiger partial charge in [0.2, 0.25) is 0 Å². The number of nitrogens with one attached hydrogen (secondary N) is 2. The predicted molar refractivity (Wildman–Crippen MR) is 177 cm³/mol. The van der Waals surface area contributed by atoms with Crippen molar-refractivity contribution in [1.82, 2.24) is 10.6 Å². The molecule has 3 heterocycles. The molecule has 0 aromatic heterocycles. The van der Waals surface area contributed by atoms with Crippen molar-refractivity contribution in [3.8, 4) is 0 Å². The summed E-state index contributed by atoms with van der Waals surface area (Å²) in [5, 5.41) is 28.9. The number of aliphatic imine (C=N–C) groups is 4. The number of amidine groups is 2. The standard InChI is InChI=1S/C34H48N6O6/c1-19-23(14-25(22-7-13-46-32(22)45)40-21(3)27(43)17-31-37-11-12-38-31)33(4)8-6-29(44)34(5,18-41)28(33)15-24(19)39-20(2)26(42)16-30-35-9-10-36-30/h7,9,11,20-21,23-25,28-29,39-41,44H,1,6,8,10,12-18H2,2-5H3/t20?,21?,23?,24?,25?,28?,29-,33-,34+/m1/s1. The van der Waals surface area contributed by atoms with Crippen LogP contribution in [0.2, 0.25) is 0 Å². The van der Waals surface area contributed by atoms with Gasteiger partial charge in [0.1, 0.15) is 18.3 Å². The van der Waals surface area contributed by atoms with Crippen molar-refractivity contribution in [2.45, 2.75) is 96.5 Å². The van der Waals surface area contributed by atoms with Gasteiger partial charge in [-0.25, -0.2) is 14.8 Å². The topological polar surface area (TPSA) is 174 Å². The van der Waals surface area contributed by atoms with E-state index in [0.29, 0.717) is 56.0 Å². The maximum absolute atomic E-state index is 13.2. The molecule has 2 aliphatic carbocycles. The summed E-state index contributed by atoms with van der Waals surface area (Å²) in [5.74, 6) is 0.163. The van der Waals surface area contributed by atoms with Crippen LogP contribution in [-0.4, -0.2) is 108 Å². The third kappa shape index (κ3) is 6.76. The number of hydrogen-bond acceptors (Lipinski definition) is 12. The number of ketones is 2. The molecule has 12 nitrogen and oxygen atoms in total.